The number of benzene rings is 1. The number of morpholine rings is 1. The molecule has 2 rings (SSSR count). The first kappa shape index (κ1) is 20.4. The quantitative estimate of drug-likeness (QED) is 0.716. The summed E-state index contributed by atoms with van der Waals surface area (Å²) in [6.07, 6.45) is -0.192. The molecule has 0 aliphatic carbocycles. The van der Waals surface area contributed by atoms with Crippen molar-refractivity contribution in [2.24, 2.45) is 0 Å². The number of nitrogens with one attached hydrogen (secondary N) is 3. The van der Waals surface area contributed by atoms with Crippen LogP contribution in [0.3, 0.4) is 0 Å². The molecule has 1 aromatic rings. The van der Waals surface area contributed by atoms with E-state index in [2.05, 4.69) is 16.0 Å². The second kappa shape index (κ2) is 10.2. The van der Waals surface area contributed by atoms with Gasteiger partial charge in [-0.25, -0.2) is 0 Å². The number of amides is 2. The van der Waals surface area contributed by atoms with Crippen LogP contribution in [0.5, 0.6) is 0 Å². The van der Waals surface area contributed by atoms with Gasteiger partial charge in [0.2, 0.25) is 5.91 Å². The Balaban J connectivity index is 0.00000288. The van der Waals surface area contributed by atoms with Gasteiger partial charge in [-0.15, -0.1) is 12.4 Å². The highest BCUT2D eigenvalue weighted by Gasteiger charge is 2.17. The summed E-state index contributed by atoms with van der Waals surface area (Å²) in [5.74, 6) is -0.332. The molecule has 8 heteroatoms. The predicted octanol–water partition coefficient (Wildman–Crippen LogP) is 1.40. The Morgan fingerprint density at radius 2 is 2.08 bits per heavy atom. The molecule has 2 unspecified atom stereocenters. The van der Waals surface area contributed by atoms with Gasteiger partial charge < -0.3 is 25.4 Å². The molecule has 3 N–H and O–H groups in total. The molecule has 1 heterocycles. The number of halogens is 1. The van der Waals surface area contributed by atoms with Crippen LogP contribution in [-0.4, -0.2) is 50.8 Å². The number of rotatable bonds is 6. The summed E-state index contributed by atoms with van der Waals surface area (Å²) in [5, 5.41) is 8.80. The Morgan fingerprint density at radius 3 is 2.71 bits per heavy atom. The Bertz CT molecular complexity index is 550. The zero-order chi connectivity index (χ0) is 16.7. The maximum absolute atomic E-state index is 12.1. The molecule has 0 spiro atoms. The van der Waals surface area contributed by atoms with E-state index < -0.39 is 6.10 Å². The van der Waals surface area contributed by atoms with E-state index >= 15 is 0 Å². The maximum Gasteiger partial charge on any atom is 0.253 e. The predicted molar refractivity (Wildman–Crippen MR) is 94.6 cm³/mol. The first-order valence-corrected chi connectivity index (χ1v) is 7.63. The zero-order valence-electron chi connectivity index (χ0n) is 13.8. The van der Waals surface area contributed by atoms with E-state index in [4.69, 9.17) is 9.47 Å². The Kier molecular flexibility index (Phi) is 8.70. The number of hydrogen-bond acceptors (Lipinski definition) is 5. The third-order valence-corrected chi connectivity index (χ3v) is 3.57. The largest absolute Gasteiger partial charge is 0.378 e. The maximum atomic E-state index is 12.1. The molecule has 2 atom stereocenters. The average molecular weight is 358 g/mol. The summed E-state index contributed by atoms with van der Waals surface area (Å²) in [6.45, 7) is 3.65. The van der Waals surface area contributed by atoms with Crippen LogP contribution >= 0.6 is 12.4 Å². The minimum atomic E-state index is -0.536. The van der Waals surface area contributed by atoms with Gasteiger partial charge in [-0.05, 0) is 25.1 Å². The van der Waals surface area contributed by atoms with Crippen LogP contribution in [-0.2, 0) is 19.1 Å². The number of carbonyl (C=O) groups is 2. The molecule has 0 saturated carbocycles. The fourth-order valence-corrected chi connectivity index (χ4v) is 2.21. The lowest BCUT2D eigenvalue weighted by Crippen LogP contribution is -2.43. The molecular weight excluding hydrogens is 334 g/mol. The average Bonchev–Trinajstić information content (AvgIpc) is 2.55. The monoisotopic (exact) mass is 357 g/mol. The number of ether oxygens (including phenoxy) is 2. The molecule has 2 amide bonds. The number of anilines is 2. The molecule has 0 aromatic heterocycles. The molecule has 1 aliphatic heterocycles. The van der Waals surface area contributed by atoms with Crippen molar-refractivity contribution in [3.8, 4) is 0 Å². The van der Waals surface area contributed by atoms with Crippen molar-refractivity contribution in [3.05, 3.63) is 24.3 Å². The van der Waals surface area contributed by atoms with Crippen LogP contribution in [0.1, 0.15) is 13.3 Å². The van der Waals surface area contributed by atoms with Crippen LogP contribution in [0.25, 0.3) is 0 Å². The van der Waals surface area contributed by atoms with Crippen molar-refractivity contribution >= 4 is 35.6 Å². The second-order valence-corrected chi connectivity index (χ2v) is 5.43. The van der Waals surface area contributed by atoms with E-state index in [1.54, 1.807) is 31.2 Å². The molecule has 0 radical (unpaired) electrons. The smallest absolute Gasteiger partial charge is 0.253 e. The molecular formula is C16H24ClN3O4. The molecule has 1 aliphatic rings. The molecule has 134 valence electrons. The molecule has 7 nitrogen and oxygen atoms in total. The van der Waals surface area contributed by atoms with Crippen molar-refractivity contribution in [2.45, 2.75) is 25.5 Å². The summed E-state index contributed by atoms with van der Waals surface area (Å²) in [7, 11) is 1.48. The molecule has 1 fully saturated rings. The molecule has 1 saturated heterocycles. The normalized spacial score (nSPS) is 18.2. The van der Waals surface area contributed by atoms with Crippen LogP contribution in [0.4, 0.5) is 11.4 Å². The molecule has 0 bridgehead atoms. The highest BCUT2D eigenvalue weighted by molar-refractivity contribution is 5.95. The summed E-state index contributed by atoms with van der Waals surface area (Å²) in [6, 6.07) is 7.05. The lowest BCUT2D eigenvalue weighted by molar-refractivity contribution is -0.124. The highest BCUT2D eigenvalue weighted by Crippen LogP contribution is 2.16. The van der Waals surface area contributed by atoms with E-state index in [-0.39, 0.29) is 30.3 Å². The van der Waals surface area contributed by atoms with Gasteiger partial charge >= 0.3 is 0 Å². The minimum Gasteiger partial charge on any atom is -0.378 e. The van der Waals surface area contributed by atoms with E-state index in [1.807, 2.05) is 0 Å². The van der Waals surface area contributed by atoms with Gasteiger partial charge in [-0.2, -0.15) is 0 Å². The Morgan fingerprint density at radius 1 is 1.38 bits per heavy atom. The SMILES string of the molecule is COC(C)C(=O)Nc1cccc(NC(=O)CC2COCCN2)c1.Cl. The number of carbonyl (C=O) groups excluding carboxylic acids is 2. The van der Waals surface area contributed by atoms with E-state index in [1.165, 1.54) is 7.11 Å². The van der Waals surface area contributed by atoms with Gasteiger partial charge in [0, 0.05) is 37.5 Å². The van der Waals surface area contributed by atoms with Gasteiger partial charge in [0.1, 0.15) is 6.10 Å². The Labute approximate surface area is 147 Å². The fraction of sp³-hybridized carbons (Fsp3) is 0.500. The van der Waals surface area contributed by atoms with Crippen molar-refractivity contribution in [3.63, 3.8) is 0 Å². The van der Waals surface area contributed by atoms with Crippen LogP contribution < -0.4 is 16.0 Å². The Hall–Kier alpha value is -1.67. The van der Waals surface area contributed by atoms with Crippen molar-refractivity contribution in [1.29, 1.82) is 0 Å². The van der Waals surface area contributed by atoms with E-state index in [9.17, 15) is 9.59 Å². The number of hydrogen-bond donors (Lipinski definition) is 3. The van der Waals surface area contributed by atoms with E-state index in [0.29, 0.717) is 31.0 Å². The standard InChI is InChI=1S/C16H23N3O4.ClH/c1-11(22-2)16(21)19-13-5-3-4-12(8-13)18-15(20)9-14-10-23-7-6-17-14;/h3-5,8,11,14,17H,6-7,9-10H2,1-2H3,(H,18,20)(H,19,21);1H. The summed E-state index contributed by atoms with van der Waals surface area (Å²) >= 11 is 0. The third kappa shape index (κ3) is 6.45. The summed E-state index contributed by atoms with van der Waals surface area (Å²) in [5.41, 5.74) is 1.24. The lowest BCUT2D eigenvalue weighted by atomic mass is 10.2. The van der Waals surface area contributed by atoms with Crippen LogP contribution in [0.15, 0.2) is 24.3 Å². The third-order valence-electron chi connectivity index (χ3n) is 3.57. The summed E-state index contributed by atoms with van der Waals surface area (Å²) < 4.78 is 10.3. The highest BCUT2D eigenvalue weighted by atomic mass is 35.5. The van der Waals surface area contributed by atoms with Crippen molar-refractivity contribution in [1.82, 2.24) is 5.32 Å². The van der Waals surface area contributed by atoms with Gasteiger partial charge in [0.25, 0.3) is 5.91 Å². The van der Waals surface area contributed by atoms with E-state index in [0.717, 1.165) is 6.54 Å². The first-order chi connectivity index (χ1) is 11.1. The van der Waals surface area contributed by atoms with Crippen LogP contribution in [0, 0.1) is 0 Å². The van der Waals surface area contributed by atoms with Crippen LogP contribution in [0.2, 0.25) is 0 Å². The van der Waals surface area contributed by atoms with Gasteiger partial charge in [0.15, 0.2) is 0 Å². The number of methoxy groups -OCH3 is 1. The van der Waals surface area contributed by atoms with Gasteiger partial charge in [-0.1, -0.05) is 6.07 Å². The zero-order valence-corrected chi connectivity index (χ0v) is 14.7. The van der Waals surface area contributed by atoms with Crippen molar-refractivity contribution < 1.29 is 19.1 Å². The van der Waals surface area contributed by atoms with Gasteiger partial charge in [-0.3, -0.25) is 9.59 Å². The first-order valence-electron chi connectivity index (χ1n) is 7.63. The topological polar surface area (TPSA) is 88.7 Å². The minimum absolute atomic E-state index is 0. The summed E-state index contributed by atoms with van der Waals surface area (Å²) in [4.78, 5) is 23.8. The second-order valence-electron chi connectivity index (χ2n) is 5.43. The van der Waals surface area contributed by atoms with Gasteiger partial charge in [0.05, 0.1) is 13.2 Å². The lowest BCUT2D eigenvalue weighted by Gasteiger charge is -2.23. The fourth-order valence-electron chi connectivity index (χ4n) is 2.21. The molecule has 24 heavy (non-hydrogen) atoms. The molecule has 1 aromatic carbocycles. The van der Waals surface area contributed by atoms with Crippen molar-refractivity contribution in [2.75, 3.05) is 37.5 Å².